The van der Waals surface area contributed by atoms with Gasteiger partial charge < -0.3 is 5.32 Å². The molecule has 0 aliphatic carbocycles. The number of carbonyl (C=O) groups excluding carboxylic acids is 1. The molecule has 21 heavy (non-hydrogen) atoms. The number of hydrogen-bond acceptors (Lipinski definition) is 4. The van der Waals surface area contributed by atoms with E-state index in [0.29, 0.717) is 6.54 Å². The summed E-state index contributed by atoms with van der Waals surface area (Å²) in [6.45, 7) is 4.28. The molecule has 0 fully saturated rings. The Morgan fingerprint density at radius 2 is 2.29 bits per heavy atom. The predicted molar refractivity (Wildman–Crippen MR) is 89.1 cm³/mol. The molecular formula is C16H20N2OS2. The molecule has 1 aliphatic heterocycles. The highest BCUT2D eigenvalue weighted by molar-refractivity contribution is 7.10. The van der Waals surface area contributed by atoms with E-state index in [4.69, 9.17) is 0 Å². The zero-order valence-corrected chi connectivity index (χ0v) is 13.8. The average molecular weight is 320 g/mol. The van der Waals surface area contributed by atoms with E-state index in [9.17, 15) is 4.79 Å². The van der Waals surface area contributed by atoms with Gasteiger partial charge in [-0.25, -0.2) is 0 Å². The van der Waals surface area contributed by atoms with Crippen molar-refractivity contribution in [2.24, 2.45) is 0 Å². The summed E-state index contributed by atoms with van der Waals surface area (Å²) in [7, 11) is 0. The highest BCUT2D eigenvalue weighted by Gasteiger charge is 2.31. The van der Waals surface area contributed by atoms with Gasteiger partial charge in [-0.15, -0.1) is 22.7 Å². The average Bonchev–Trinajstić information content (AvgIpc) is 3.15. The van der Waals surface area contributed by atoms with E-state index in [0.717, 1.165) is 25.9 Å². The summed E-state index contributed by atoms with van der Waals surface area (Å²) in [6.07, 6.45) is 2.03. The quantitative estimate of drug-likeness (QED) is 0.917. The van der Waals surface area contributed by atoms with Crippen LogP contribution in [-0.2, 0) is 11.2 Å². The first-order valence-corrected chi connectivity index (χ1v) is 9.16. The first-order chi connectivity index (χ1) is 10.3. The lowest BCUT2D eigenvalue weighted by atomic mass is 9.98. The number of fused-ring (bicyclic) bond motifs is 1. The van der Waals surface area contributed by atoms with Gasteiger partial charge in [-0.1, -0.05) is 13.0 Å². The molecule has 5 heteroatoms. The van der Waals surface area contributed by atoms with Crippen LogP contribution in [0.25, 0.3) is 0 Å². The molecule has 0 saturated heterocycles. The normalized spacial score (nSPS) is 18.4. The van der Waals surface area contributed by atoms with Crippen molar-refractivity contribution in [1.29, 1.82) is 0 Å². The summed E-state index contributed by atoms with van der Waals surface area (Å²) in [5.74, 6) is 0.136. The van der Waals surface area contributed by atoms with Crippen molar-refractivity contribution in [2.75, 3.05) is 19.6 Å². The molecule has 2 aromatic rings. The highest BCUT2D eigenvalue weighted by atomic mass is 32.1. The van der Waals surface area contributed by atoms with E-state index in [1.165, 1.54) is 15.3 Å². The van der Waals surface area contributed by atoms with Crippen LogP contribution < -0.4 is 5.32 Å². The molecule has 0 radical (unpaired) electrons. The van der Waals surface area contributed by atoms with Gasteiger partial charge in [0.1, 0.15) is 0 Å². The molecule has 0 bridgehead atoms. The summed E-state index contributed by atoms with van der Waals surface area (Å²) >= 11 is 3.61. The minimum absolute atomic E-state index is 0.136. The molecular weight excluding hydrogens is 300 g/mol. The molecule has 0 spiro atoms. The van der Waals surface area contributed by atoms with Crippen molar-refractivity contribution in [3.8, 4) is 0 Å². The van der Waals surface area contributed by atoms with Crippen molar-refractivity contribution in [3.05, 3.63) is 44.3 Å². The van der Waals surface area contributed by atoms with Crippen LogP contribution in [0.3, 0.4) is 0 Å². The number of amides is 1. The lowest BCUT2D eigenvalue weighted by molar-refractivity contribution is -0.122. The van der Waals surface area contributed by atoms with E-state index >= 15 is 0 Å². The van der Waals surface area contributed by atoms with Crippen LogP contribution in [0.2, 0.25) is 0 Å². The third-order valence-corrected chi connectivity index (χ3v) is 5.72. The molecule has 0 aromatic carbocycles. The Hall–Kier alpha value is -1.17. The van der Waals surface area contributed by atoms with Gasteiger partial charge in [0.2, 0.25) is 5.91 Å². The number of rotatable bonds is 5. The number of carbonyl (C=O) groups is 1. The van der Waals surface area contributed by atoms with Crippen molar-refractivity contribution in [2.45, 2.75) is 25.8 Å². The Morgan fingerprint density at radius 1 is 1.38 bits per heavy atom. The van der Waals surface area contributed by atoms with Crippen LogP contribution in [0.5, 0.6) is 0 Å². The Balaban J connectivity index is 1.81. The summed E-state index contributed by atoms with van der Waals surface area (Å²) in [5.41, 5.74) is 1.39. The van der Waals surface area contributed by atoms with Crippen LogP contribution in [-0.4, -0.2) is 30.4 Å². The van der Waals surface area contributed by atoms with Gasteiger partial charge >= 0.3 is 0 Å². The van der Waals surface area contributed by atoms with Crippen LogP contribution in [0.15, 0.2) is 29.0 Å². The van der Waals surface area contributed by atoms with Crippen molar-refractivity contribution in [3.63, 3.8) is 0 Å². The fourth-order valence-electron chi connectivity index (χ4n) is 2.82. The van der Waals surface area contributed by atoms with Gasteiger partial charge in [-0.2, -0.15) is 0 Å². The number of nitrogens with one attached hydrogen (secondary N) is 1. The van der Waals surface area contributed by atoms with Gasteiger partial charge in [0.25, 0.3) is 0 Å². The van der Waals surface area contributed by atoms with Crippen molar-refractivity contribution >= 4 is 28.6 Å². The maximum absolute atomic E-state index is 12.1. The Bertz CT molecular complexity index is 591. The Morgan fingerprint density at radius 3 is 3.05 bits per heavy atom. The number of thiophene rings is 2. The summed E-state index contributed by atoms with van der Waals surface area (Å²) < 4.78 is 0. The molecule has 3 nitrogen and oxygen atoms in total. The lowest BCUT2D eigenvalue weighted by Crippen LogP contribution is -2.42. The monoisotopic (exact) mass is 320 g/mol. The third kappa shape index (κ3) is 3.20. The predicted octanol–water partition coefficient (Wildman–Crippen LogP) is 3.28. The standard InChI is InChI=1S/C16H20N2OS2/c1-2-7-17-15(19)11-18-8-5-13-12(6-10-21-13)16(18)14-4-3-9-20-14/h3-4,6,9-10,16H,2,5,7-8,11H2,1H3,(H,17,19)/t16-/m1/s1. The summed E-state index contributed by atoms with van der Waals surface area (Å²) in [4.78, 5) is 17.2. The minimum Gasteiger partial charge on any atom is -0.355 e. The van der Waals surface area contributed by atoms with Crippen LogP contribution in [0, 0.1) is 0 Å². The first-order valence-electron chi connectivity index (χ1n) is 7.40. The molecule has 0 unspecified atom stereocenters. The van der Waals surface area contributed by atoms with Crippen LogP contribution in [0.4, 0.5) is 0 Å². The van der Waals surface area contributed by atoms with E-state index in [1.54, 1.807) is 11.3 Å². The Labute approximate surface area is 133 Å². The second kappa shape index (κ2) is 6.73. The molecule has 3 heterocycles. The molecule has 1 amide bonds. The van der Waals surface area contributed by atoms with Gasteiger partial charge in [-0.05, 0) is 41.3 Å². The second-order valence-corrected chi connectivity index (χ2v) is 7.27. The first kappa shape index (κ1) is 14.8. The largest absolute Gasteiger partial charge is 0.355 e. The minimum atomic E-state index is 0.136. The molecule has 112 valence electrons. The molecule has 2 aromatic heterocycles. The highest BCUT2D eigenvalue weighted by Crippen LogP contribution is 2.39. The summed E-state index contributed by atoms with van der Waals surface area (Å²) in [5, 5.41) is 7.28. The van der Waals surface area contributed by atoms with E-state index in [2.05, 4.69) is 46.1 Å². The zero-order valence-electron chi connectivity index (χ0n) is 12.2. The molecule has 1 N–H and O–H groups in total. The molecule has 3 rings (SSSR count). The van der Waals surface area contributed by atoms with Crippen molar-refractivity contribution < 1.29 is 4.79 Å². The van der Waals surface area contributed by atoms with E-state index < -0.39 is 0 Å². The molecule has 0 saturated carbocycles. The molecule has 1 aliphatic rings. The van der Waals surface area contributed by atoms with Crippen molar-refractivity contribution in [1.82, 2.24) is 10.2 Å². The topological polar surface area (TPSA) is 32.3 Å². The number of hydrogen-bond donors (Lipinski definition) is 1. The van der Waals surface area contributed by atoms with Crippen LogP contribution >= 0.6 is 22.7 Å². The summed E-state index contributed by atoms with van der Waals surface area (Å²) in [6, 6.07) is 6.74. The third-order valence-electron chi connectivity index (χ3n) is 3.80. The fourth-order valence-corrected chi connectivity index (χ4v) is 4.60. The lowest BCUT2D eigenvalue weighted by Gasteiger charge is -2.34. The van der Waals surface area contributed by atoms with Gasteiger partial charge in [-0.3, -0.25) is 9.69 Å². The van der Waals surface area contributed by atoms with Crippen LogP contribution in [0.1, 0.15) is 34.7 Å². The number of nitrogens with zero attached hydrogens (tertiary/aromatic N) is 1. The van der Waals surface area contributed by atoms with E-state index in [-0.39, 0.29) is 11.9 Å². The van der Waals surface area contributed by atoms with Gasteiger partial charge in [0, 0.05) is 22.8 Å². The second-order valence-electron chi connectivity index (χ2n) is 5.29. The SMILES string of the molecule is CCCNC(=O)CN1CCc2sccc2[C@@H]1c1cccs1. The maximum atomic E-state index is 12.1. The van der Waals surface area contributed by atoms with E-state index in [1.807, 2.05) is 11.3 Å². The Kier molecular flexibility index (Phi) is 4.73. The van der Waals surface area contributed by atoms with Gasteiger partial charge in [0.15, 0.2) is 0 Å². The zero-order chi connectivity index (χ0) is 14.7. The fraction of sp³-hybridized carbons (Fsp3) is 0.438. The van der Waals surface area contributed by atoms with Gasteiger partial charge in [0.05, 0.1) is 12.6 Å². The maximum Gasteiger partial charge on any atom is 0.234 e. The smallest absolute Gasteiger partial charge is 0.234 e. The molecule has 1 atom stereocenters.